The zero-order valence-corrected chi connectivity index (χ0v) is 48.4. The van der Waals surface area contributed by atoms with E-state index in [-0.39, 0.29) is 33.8 Å². The van der Waals surface area contributed by atoms with Gasteiger partial charge >= 0.3 is 0 Å². The minimum absolute atomic E-state index is 0.00989. The fourth-order valence-corrected chi connectivity index (χ4v) is 14.1. The summed E-state index contributed by atoms with van der Waals surface area (Å²) >= 11 is 3.88. The van der Waals surface area contributed by atoms with Crippen LogP contribution in [0.4, 0.5) is 34.1 Å². The second kappa shape index (κ2) is 17.1. The van der Waals surface area contributed by atoms with E-state index >= 15 is 0 Å². The first-order valence-electron chi connectivity index (χ1n) is 27.1. The molecule has 8 aromatic carbocycles. The average molecular weight is 1020 g/mol. The van der Waals surface area contributed by atoms with Gasteiger partial charge in [-0.1, -0.05) is 195 Å². The fraction of sp³-hybridized carbons (Fsp3) is 0.286. The first kappa shape index (κ1) is 49.5. The molecular weight excluding hydrogens is 944 g/mol. The molecular formula is C70H71BN2S2. The first-order chi connectivity index (χ1) is 35.3. The molecule has 75 heavy (non-hydrogen) atoms. The molecule has 0 saturated carbocycles. The lowest BCUT2D eigenvalue weighted by Gasteiger charge is -2.44. The maximum Gasteiger partial charge on any atom is 0.264 e. The Morgan fingerprint density at radius 1 is 0.347 bits per heavy atom. The number of hydrogen-bond donors (Lipinski definition) is 0. The summed E-state index contributed by atoms with van der Waals surface area (Å²) in [6.07, 6.45) is 0. The monoisotopic (exact) mass is 1010 g/mol. The van der Waals surface area contributed by atoms with Gasteiger partial charge in [0.05, 0.1) is 11.4 Å². The van der Waals surface area contributed by atoms with Gasteiger partial charge in [-0.2, -0.15) is 0 Å². The molecule has 5 heteroatoms. The molecule has 10 aromatic rings. The molecule has 0 radical (unpaired) electrons. The van der Waals surface area contributed by atoms with Crippen LogP contribution >= 0.6 is 22.7 Å². The molecule has 0 bridgehead atoms. The van der Waals surface area contributed by atoms with Crippen molar-refractivity contribution >= 4 is 109 Å². The molecule has 376 valence electrons. The second-order valence-corrected chi connectivity index (χ2v) is 28.9. The Morgan fingerprint density at radius 2 is 0.893 bits per heavy atom. The molecule has 2 aliphatic rings. The van der Waals surface area contributed by atoms with Crippen LogP contribution in [0.1, 0.15) is 132 Å². The van der Waals surface area contributed by atoms with Crippen molar-refractivity contribution in [1.29, 1.82) is 0 Å². The van der Waals surface area contributed by atoms with Crippen molar-refractivity contribution in [3.8, 4) is 22.3 Å². The molecule has 2 nitrogen and oxygen atoms in total. The number of thiophene rings is 2. The lowest BCUT2D eigenvalue weighted by Crippen LogP contribution is -2.60. The first-order valence-corrected chi connectivity index (χ1v) is 28.7. The van der Waals surface area contributed by atoms with Crippen LogP contribution in [0, 0.1) is 0 Å². The lowest BCUT2D eigenvalue weighted by molar-refractivity contribution is 0.569. The van der Waals surface area contributed by atoms with Gasteiger partial charge in [0.1, 0.15) is 0 Å². The molecule has 0 saturated heterocycles. The Morgan fingerprint density at radius 3 is 1.55 bits per heavy atom. The molecule has 12 rings (SSSR count). The smallest absolute Gasteiger partial charge is 0.264 e. The number of fused-ring (bicyclic) bond motifs is 9. The minimum atomic E-state index is -0.0497. The largest absolute Gasteiger partial charge is 0.311 e. The van der Waals surface area contributed by atoms with Crippen molar-refractivity contribution in [3.63, 3.8) is 0 Å². The Kier molecular flexibility index (Phi) is 11.3. The molecule has 0 atom stereocenters. The van der Waals surface area contributed by atoms with Gasteiger partial charge < -0.3 is 9.80 Å². The Bertz CT molecular complexity index is 3890. The predicted molar refractivity (Wildman–Crippen MR) is 333 cm³/mol. The molecule has 0 spiro atoms. The zero-order valence-electron chi connectivity index (χ0n) is 46.8. The third-order valence-electron chi connectivity index (χ3n) is 16.2. The molecule has 2 aromatic heterocycles. The van der Waals surface area contributed by atoms with E-state index in [0.717, 1.165) is 0 Å². The van der Waals surface area contributed by atoms with E-state index in [0.29, 0.717) is 0 Å². The SMILES string of the molecule is CC(C)(C)c1cc(-c2ccc(N3c4cccc5c4B(c4cc(C(C)(C)C)ccc4N5c4ccc(C(C)(C)C)cc4-c4ccc5c(c4)sc4ccccc45)c4sc5ccc(C(C)(C)C)cc5c43)cc2)cc(C(C)(C)C)c1. The number of nitrogens with zero attached hydrogens (tertiary/aromatic N) is 2. The van der Waals surface area contributed by atoms with Crippen LogP contribution in [0.2, 0.25) is 0 Å². The van der Waals surface area contributed by atoms with Crippen LogP contribution in [-0.2, 0) is 27.1 Å². The molecule has 0 N–H and O–H groups in total. The lowest BCUT2D eigenvalue weighted by atomic mass is 9.36. The number of benzene rings is 8. The standard InChI is InChI=1S/C70H71BN2S2/c1-66(2,3)45-26-32-56(53(39-45)43-25-31-52-51-19-16-17-22-60(51)74-62(52)37-43)73-57-33-27-47(68(7,8)9)41-55(57)71-63-58(20-18-21-59(63)73)72(64-54-40-46(67(4,5)6)28-34-61(54)75-65(64)71)50-29-23-42(24-30-50)44-35-48(69(10,11)12)38-49(36-44)70(13,14)15/h16-41H,1-15H3. The van der Waals surface area contributed by atoms with Gasteiger partial charge in [-0.15, -0.1) is 22.7 Å². The zero-order chi connectivity index (χ0) is 52.9. The van der Waals surface area contributed by atoms with Crippen LogP contribution in [-0.4, -0.2) is 6.71 Å². The summed E-state index contributed by atoms with van der Waals surface area (Å²) in [6, 6.07) is 61.9. The topological polar surface area (TPSA) is 6.48 Å². The normalized spacial score (nSPS) is 14.0. The summed E-state index contributed by atoms with van der Waals surface area (Å²) < 4.78 is 5.37. The Hall–Kier alpha value is -6.40. The summed E-state index contributed by atoms with van der Waals surface area (Å²) in [4.78, 5) is 5.25. The van der Waals surface area contributed by atoms with Crippen LogP contribution in [0.3, 0.4) is 0 Å². The average Bonchev–Trinajstić information content (AvgIpc) is 3.97. The molecule has 0 unspecified atom stereocenters. The van der Waals surface area contributed by atoms with E-state index in [4.69, 9.17) is 0 Å². The minimum Gasteiger partial charge on any atom is -0.311 e. The quantitative estimate of drug-likeness (QED) is 0.162. The van der Waals surface area contributed by atoms with Crippen LogP contribution < -0.4 is 25.5 Å². The van der Waals surface area contributed by atoms with Crippen molar-refractivity contribution < 1.29 is 0 Å². The van der Waals surface area contributed by atoms with Crippen molar-refractivity contribution in [2.75, 3.05) is 9.80 Å². The highest BCUT2D eigenvalue weighted by molar-refractivity contribution is 7.33. The predicted octanol–water partition coefficient (Wildman–Crippen LogP) is 19.2. The van der Waals surface area contributed by atoms with Gasteiger partial charge in [0.15, 0.2) is 0 Å². The fourth-order valence-electron chi connectivity index (χ4n) is 11.7. The Balaban J connectivity index is 1.12. The van der Waals surface area contributed by atoms with Crippen LogP contribution in [0.25, 0.3) is 52.5 Å². The third kappa shape index (κ3) is 8.36. The highest BCUT2D eigenvalue weighted by Gasteiger charge is 2.46. The summed E-state index contributed by atoms with van der Waals surface area (Å²) in [7, 11) is 0. The van der Waals surface area contributed by atoms with Gasteiger partial charge in [-0.05, 0) is 149 Å². The number of rotatable bonds is 4. The summed E-state index contributed by atoms with van der Waals surface area (Å²) in [5.41, 5.74) is 21.8. The molecule has 0 aliphatic carbocycles. The molecule has 0 fully saturated rings. The van der Waals surface area contributed by atoms with E-state index < -0.39 is 0 Å². The number of hydrogen-bond acceptors (Lipinski definition) is 4. The van der Waals surface area contributed by atoms with Crippen molar-refractivity contribution in [3.05, 3.63) is 186 Å². The van der Waals surface area contributed by atoms with Gasteiger partial charge in [0.2, 0.25) is 0 Å². The Labute approximate surface area is 455 Å². The molecule has 2 aliphatic heterocycles. The van der Waals surface area contributed by atoms with E-state index in [1.807, 2.05) is 22.7 Å². The van der Waals surface area contributed by atoms with E-state index in [1.54, 1.807) is 0 Å². The van der Waals surface area contributed by atoms with E-state index in [2.05, 4.69) is 271 Å². The number of anilines is 6. The summed E-state index contributed by atoms with van der Waals surface area (Å²) in [5, 5.41) is 3.97. The molecule has 4 heterocycles. The van der Waals surface area contributed by atoms with Crippen molar-refractivity contribution in [2.24, 2.45) is 0 Å². The van der Waals surface area contributed by atoms with Crippen molar-refractivity contribution in [1.82, 2.24) is 0 Å². The van der Waals surface area contributed by atoms with Crippen molar-refractivity contribution in [2.45, 2.75) is 131 Å². The van der Waals surface area contributed by atoms with Gasteiger partial charge in [0.25, 0.3) is 6.71 Å². The van der Waals surface area contributed by atoms with Gasteiger partial charge in [-0.25, -0.2) is 0 Å². The highest BCUT2D eigenvalue weighted by atomic mass is 32.1. The van der Waals surface area contributed by atoms with Crippen LogP contribution in [0.5, 0.6) is 0 Å². The summed E-state index contributed by atoms with van der Waals surface area (Å²) in [6.45, 7) is 35.1. The second-order valence-electron chi connectivity index (χ2n) is 26.8. The maximum absolute atomic E-state index is 2.63. The molecule has 0 amide bonds. The maximum atomic E-state index is 2.63. The van der Waals surface area contributed by atoms with Crippen LogP contribution in [0.15, 0.2) is 158 Å². The summed E-state index contributed by atoms with van der Waals surface area (Å²) in [5.74, 6) is 0. The van der Waals surface area contributed by atoms with E-state index in [1.165, 1.54) is 130 Å². The van der Waals surface area contributed by atoms with Gasteiger partial charge in [0, 0.05) is 63.3 Å². The third-order valence-corrected chi connectivity index (χ3v) is 18.6. The highest BCUT2D eigenvalue weighted by Crippen LogP contribution is 2.51. The van der Waals surface area contributed by atoms with E-state index in [9.17, 15) is 0 Å². The van der Waals surface area contributed by atoms with Gasteiger partial charge in [-0.3, -0.25) is 0 Å².